The molecule has 0 atom stereocenters. The summed E-state index contributed by atoms with van der Waals surface area (Å²) in [5, 5.41) is 1.72. The van der Waals surface area contributed by atoms with Crippen LogP contribution in [0.15, 0.2) is 24.3 Å². The van der Waals surface area contributed by atoms with Gasteiger partial charge in [-0.1, -0.05) is 23.7 Å². The van der Waals surface area contributed by atoms with Crippen molar-refractivity contribution in [1.29, 1.82) is 0 Å². The van der Waals surface area contributed by atoms with E-state index in [0.717, 1.165) is 27.2 Å². The number of benzene rings is 1. The summed E-state index contributed by atoms with van der Waals surface area (Å²) in [4.78, 5) is 10.00. The Labute approximate surface area is 114 Å². The molecule has 5 heteroatoms. The van der Waals surface area contributed by atoms with Gasteiger partial charge in [0.15, 0.2) is 5.82 Å². The van der Waals surface area contributed by atoms with Crippen LogP contribution < -0.4 is 0 Å². The number of nitrogens with zero attached hydrogens (tertiary/aromatic N) is 3. The van der Waals surface area contributed by atoms with E-state index >= 15 is 0 Å². The minimum absolute atomic E-state index is 0.661. The van der Waals surface area contributed by atoms with Crippen molar-refractivity contribution < 1.29 is 0 Å². The van der Waals surface area contributed by atoms with Crippen molar-refractivity contribution in [1.82, 2.24) is 14.3 Å². The molecule has 0 aliphatic heterocycles. The molecule has 0 saturated heterocycles. The summed E-state index contributed by atoms with van der Waals surface area (Å²) in [7, 11) is 0. The first kappa shape index (κ1) is 11.6. The highest BCUT2D eigenvalue weighted by atomic mass is 35.5. The van der Waals surface area contributed by atoms with Gasteiger partial charge in [0.1, 0.15) is 4.83 Å². The van der Waals surface area contributed by atoms with E-state index in [-0.39, 0.29) is 0 Å². The predicted molar refractivity (Wildman–Crippen MR) is 75.1 cm³/mol. The highest BCUT2D eigenvalue weighted by Crippen LogP contribution is 2.29. The van der Waals surface area contributed by atoms with Gasteiger partial charge < -0.3 is 0 Å². The summed E-state index contributed by atoms with van der Waals surface area (Å²) < 4.78 is 4.32. The molecule has 0 spiro atoms. The largest absolute Gasteiger partial charge is 0.233 e. The number of hydrogen-bond donors (Lipinski definition) is 0. The first-order valence-corrected chi connectivity index (χ1v) is 6.67. The van der Waals surface area contributed by atoms with E-state index in [9.17, 15) is 0 Å². The lowest BCUT2D eigenvalue weighted by molar-refractivity contribution is 1.16. The van der Waals surface area contributed by atoms with Crippen LogP contribution in [-0.4, -0.2) is 14.3 Å². The van der Waals surface area contributed by atoms with Gasteiger partial charge in [-0.25, -0.2) is 9.97 Å². The first-order chi connectivity index (χ1) is 8.66. The van der Waals surface area contributed by atoms with Crippen molar-refractivity contribution >= 4 is 33.4 Å². The fourth-order valence-corrected chi connectivity index (χ4v) is 3.00. The van der Waals surface area contributed by atoms with Crippen molar-refractivity contribution in [3.8, 4) is 11.4 Å². The van der Waals surface area contributed by atoms with E-state index in [1.165, 1.54) is 11.5 Å². The molecular formula is C13H10ClN3S. The molecular weight excluding hydrogens is 266 g/mol. The van der Waals surface area contributed by atoms with Crippen molar-refractivity contribution in [3.05, 3.63) is 40.7 Å². The molecule has 0 unspecified atom stereocenters. The first-order valence-electron chi connectivity index (χ1n) is 5.52. The normalized spacial score (nSPS) is 11.1. The van der Waals surface area contributed by atoms with Gasteiger partial charge in [0.05, 0.1) is 21.8 Å². The second kappa shape index (κ2) is 4.30. The Bertz CT molecular complexity index is 736. The molecule has 0 aliphatic carbocycles. The molecule has 3 rings (SSSR count). The highest BCUT2D eigenvalue weighted by molar-refractivity contribution is 7.13. The third-order valence-corrected chi connectivity index (χ3v) is 3.97. The van der Waals surface area contributed by atoms with E-state index in [4.69, 9.17) is 11.6 Å². The van der Waals surface area contributed by atoms with Gasteiger partial charge in [-0.2, -0.15) is 4.37 Å². The zero-order valence-electron chi connectivity index (χ0n) is 9.94. The minimum atomic E-state index is 0.661. The Balaban J connectivity index is 2.29. The topological polar surface area (TPSA) is 38.7 Å². The summed E-state index contributed by atoms with van der Waals surface area (Å²) in [5.41, 5.74) is 2.79. The Morgan fingerprint density at radius 2 is 1.83 bits per heavy atom. The van der Waals surface area contributed by atoms with E-state index < -0.39 is 0 Å². The summed E-state index contributed by atoms with van der Waals surface area (Å²) in [6, 6.07) is 7.60. The fraction of sp³-hybridized carbons (Fsp3) is 0.154. The monoisotopic (exact) mass is 275 g/mol. The van der Waals surface area contributed by atoms with Gasteiger partial charge >= 0.3 is 0 Å². The molecule has 18 heavy (non-hydrogen) atoms. The lowest BCUT2D eigenvalue weighted by atomic mass is 10.2. The molecule has 0 radical (unpaired) electrons. The fourth-order valence-electron chi connectivity index (χ4n) is 1.95. The lowest BCUT2D eigenvalue weighted by Gasteiger charge is -2.04. The smallest absolute Gasteiger partial charge is 0.162 e. The molecule has 0 amide bonds. The molecule has 3 nitrogen and oxygen atoms in total. The minimum Gasteiger partial charge on any atom is -0.233 e. The van der Waals surface area contributed by atoms with Crippen LogP contribution >= 0.6 is 23.1 Å². The van der Waals surface area contributed by atoms with Crippen LogP contribution in [0, 0.1) is 13.8 Å². The Morgan fingerprint density at radius 1 is 1.06 bits per heavy atom. The molecule has 1 aromatic carbocycles. The molecule has 3 aromatic rings. The van der Waals surface area contributed by atoms with Crippen LogP contribution in [0.3, 0.4) is 0 Å². The number of aryl methyl sites for hydroxylation is 2. The van der Waals surface area contributed by atoms with E-state index in [0.29, 0.717) is 10.8 Å². The zero-order valence-corrected chi connectivity index (χ0v) is 11.5. The second-order valence-electron chi connectivity index (χ2n) is 4.06. The van der Waals surface area contributed by atoms with Crippen LogP contribution in [-0.2, 0) is 0 Å². The number of hydrogen-bond acceptors (Lipinski definition) is 4. The molecule has 2 aromatic heterocycles. The van der Waals surface area contributed by atoms with Crippen LogP contribution in [0.2, 0.25) is 5.02 Å². The maximum Gasteiger partial charge on any atom is 0.162 e. The molecule has 0 N–H and O–H groups in total. The standard InChI is InChI=1S/C13H10ClN3S/c1-7-11-8(2)17-18-13(11)16-12(15-7)9-5-3-4-6-10(9)14/h3-6H,1-2H3. The average molecular weight is 276 g/mol. The number of halogens is 1. The predicted octanol–water partition coefficient (Wildman–Crippen LogP) is 4.02. The molecule has 0 saturated carbocycles. The maximum absolute atomic E-state index is 6.18. The summed E-state index contributed by atoms with van der Waals surface area (Å²) >= 11 is 7.57. The molecule has 0 bridgehead atoms. The van der Waals surface area contributed by atoms with Crippen molar-refractivity contribution in [2.45, 2.75) is 13.8 Å². The van der Waals surface area contributed by atoms with Gasteiger partial charge in [-0.05, 0) is 37.5 Å². The molecule has 2 heterocycles. The summed E-state index contributed by atoms with van der Waals surface area (Å²) in [6.45, 7) is 3.95. The van der Waals surface area contributed by atoms with E-state index in [1.807, 2.05) is 38.1 Å². The summed E-state index contributed by atoms with van der Waals surface area (Å²) in [6.07, 6.45) is 0. The van der Waals surface area contributed by atoms with Gasteiger partial charge in [0, 0.05) is 5.56 Å². The second-order valence-corrected chi connectivity index (χ2v) is 5.22. The third-order valence-electron chi connectivity index (χ3n) is 2.80. The Hall–Kier alpha value is -1.52. The average Bonchev–Trinajstić information content (AvgIpc) is 2.72. The lowest BCUT2D eigenvalue weighted by Crippen LogP contribution is -1.93. The maximum atomic E-state index is 6.18. The highest BCUT2D eigenvalue weighted by Gasteiger charge is 2.12. The van der Waals surface area contributed by atoms with Gasteiger partial charge in [-0.15, -0.1) is 0 Å². The SMILES string of the molecule is Cc1nsc2nc(-c3ccccc3Cl)nc(C)c12. The Kier molecular flexibility index (Phi) is 2.76. The van der Waals surface area contributed by atoms with Crippen LogP contribution in [0.1, 0.15) is 11.4 Å². The van der Waals surface area contributed by atoms with E-state index in [2.05, 4.69) is 14.3 Å². The molecule has 0 fully saturated rings. The number of rotatable bonds is 1. The van der Waals surface area contributed by atoms with Crippen molar-refractivity contribution in [3.63, 3.8) is 0 Å². The third kappa shape index (κ3) is 1.78. The van der Waals surface area contributed by atoms with Gasteiger partial charge in [-0.3, -0.25) is 0 Å². The molecule has 0 aliphatic rings. The van der Waals surface area contributed by atoms with Crippen LogP contribution in [0.25, 0.3) is 21.6 Å². The van der Waals surface area contributed by atoms with Gasteiger partial charge in [0.25, 0.3) is 0 Å². The van der Waals surface area contributed by atoms with Gasteiger partial charge in [0.2, 0.25) is 0 Å². The van der Waals surface area contributed by atoms with Crippen molar-refractivity contribution in [2.75, 3.05) is 0 Å². The number of fused-ring (bicyclic) bond motifs is 1. The van der Waals surface area contributed by atoms with Crippen molar-refractivity contribution in [2.24, 2.45) is 0 Å². The molecule has 90 valence electrons. The Morgan fingerprint density at radius 3 is 2.61 bits per heavy atom. The zero-order chi connectivity index (χ0) is 12.7. The number of aromatic nitrogens is 3. The van der Waals surface area contributed by atoms with Crippen LogP contribution in [0.5, 0.6) is 0 Å². The quantitative estimate of drug-likeness (QED) is 0.673. The summed E-state index contributed by atoms with van der Waals surface area (Å²) in [5.74, 6) is 0.661. The van der Waals surface area contributed by atoms with Crippen LogP contribution in [0.4, 0.5) is 0 Å². The van der Waals surface area contributed by atoms with E-state index in [1.54, 1.807) is 0 Å².